The lowest BCUT2D eigenvalue weighted by atomic mass is 10.0. The van der Waals surface area contributed by atoms with Gasteiger partial charge in [0.15, 0.2) is 0 Å². The Morgan fingerprint density at radius 2 is 1.88 bits per heavy atom. The zero-order valence-electron chi connectivity index (χ0n) is 19.2. The number of carbonyl (C=O) groups excluding carboxylic acids is 1. The smallest absolute Gasteiger partial charge is 0.404 e. The predicted molar refractivity (Wildman–Crippen MR) is 128 cm³/mol. The van der Waals surface area contributed by atoms with Crippen LogP contribution >= 0.6 is 0 Å². The molecule has 0 bridgehead atoms. The van der Waals surface area contributed by atoms with Gasteiger partial charge in [-0.2, -0.15) is 5.10 Å². The number of anilines is 3. The highest BCUT2D eigenvalue weighted by molar-refractivity contribution is 6.09. The standard InChI is InChI=1S/C22H23N5O3.C3H6/c1-13-4-7-19-18(8-13)25-20-16(11-24-26(20)3)12-27(19)21(28)17-6-5-15(9-14(17)2)10-23-22(29)30;1-2-3-1/h4-9,11,23,25H,10,12H2,1-3H3,(H,29,30);1-3H2. The number of rotatable bonds is 3. The molecule has 1 fully saturated rings. The molecule has 0 atom stereocenters. The van der Waals surface area contributed by atoms with Crippen molar-refractivity contribution in [1.29, 1.82) is 0 Å². The fourth-order valence-electron chi connectivity index (χ4n) is 3.71. The van der Waals surface area contributed by atoms with Gasteiger partial charge >= 0.3 is 6.09 Å². The molecule has 0 radical (unpaired) electrons. The van der Waals surface area contributed by atoms with Crippen LogP contribution < -0.4 is 15.5 Å². The number of nitrogens with zero attached hydrogens (tertiary/aromatic N) is 3. The number of carbonyl (C=O) groups is 2. The maximum absolute atomic E-state index is 13.6. The lowest BCUT2D eigenvalue weighted by molar-refractivity contribution is 0.0984. The third-order valence-electron chi connectivity index (χ3n) is 5.60. The van der Waals surface area contributed by atoms with Crippen LogP contribution in [0.3, 0.4) is 0 Å². The van der Waals surface area contributed by atoms with Crippen molar-refractivity contribution < 1.29 is 14.7 Å². The van der Waals surface area contributed by atoms with E-state index in [4.69, 9.17) is 5.11 Å². The number of carboxylic acid groups (broad SMARTS) is 1. The first kappa shape index (κ1) is 22.4. The van der Waals surface area contributed by atoms with E-state index in [0.717, 1.165) is 39.4 Å². The van der Waals surface area contributed by atoms with Gasteiger partial charge in [-0.15, -0.1) is 0 Å². The second-order valence-corrected chi connectivity index (χ2v) is 8.55. The molecule has 1 saturated carbocycles. The average Bonchev–Trinajstić information content (AvgIpc) is 3.63. The highest BCUT2D eigenvalue weighted by Gasteiger charge is 2.27. The summed E-state index contributed by atoms with van der Waals surface area (Å²) in [5.41, 5.74) is 5.85. The van der Waals surface area contributed by atoms with Gasteiger partial charge in [-0.3, -0.25) is 9.48 Å². The molecule has 8 nitrogen and oxygen atoms in total. The van der Waals surface area contributed by atoms with E-state index < -0.39 is 6.09 Å². The molecule has 1 aromatic heterocycles. The largest absolute Gasteiger partial charge is 0.465 e. The summed E-state index contributed by atoms with van der Waals surface area (Å²) in [6.45, 7) is 4.46. The first-order valence-electron chi connectivity index (χ1n) is 11.1. The molecule has 172 valence electrons. The van der Waals surface area contributed by atoms with Gasteiger partial charge in [0.2, 0.25) is 0 Å². The molecule has 3 N–H and O–H groups in total. The SMILES string of the molecule is C1CC1.Cc1ccc2c(c1)Nc1c(cnn1C)CN2C(=O)c1ccc(CNC(=O)O)cc1C. The van der Waals surface area contributed by atoms with E-state index in [9.17, 15) is 9.59 Å². The Labute approximate surface area is 193 Å². The molecule has 2 aromatic carbocycles. The zero-order valence-corrected chi connectivity index (χ0v) is 19.2. The lowest BCUT2D eigenvalue weighted by Gasteiger charge is -2.24. The van der Waals surface area contributed by atoms with E-state index in [1.807, 2.05) is 45.2 Å². The number of hydrogen-bond acceptors (Lipinski definition) is 4. The molecule has 2 aliphatic rings. The number of benzene rings is 2. The normalized spacial score (nSPS) is 13.5. The Morgan fingerprint density at radius 1 is 1.12 bits per heavy atom. The van der Waals surface area contributed by atoms with Crippen molar-refractivity contribution in [2.45, 2.75) is 46.2 Å². The Morgan fingerprint density at radius 3 is 2.55 bits per heavy atom. The van der Waals surface area contributed by atoms with Crippen molar-refractivity contribution >= 4 is 29.2 Å². The minimum atomic E-state index is -1.08. The number of fused-ring (bicyclic) bond motifs is 2. The van der Waals surface area contributed by atoms with Crippen LogP contribution in [0.15, 0.2) is 42.6 Å². The summed E-state index contributed by atoms with van der Waals surface area (Å²) in [7, 11) is 1.87. The molecule has 0 spiro atoms. The molecular weight excluding hydrogens is 418 g/mol. The third kappa shape index (κ3) is 5.16. The van der Waals surface area contributed by atoms with Crippen LogP contribution in [0.5, 0.6) is 0 Å². The van der Waals surface area contributed by atoms with Crippen molar-refractivity contribution in [3.63, 3.8) is 0 Å². The van der Waals surface area contributed by atoms with Gasteiger partial charge in [0, 0.05) is 24.7 Å². The molecule has 2 amide bonds. The molecule has 1 aliphatic carbocycles. The van der Waals surface area contributed by atoms with E-state index in [1.165, 1.54) is 19.3 Å². The highest BCUT2D eigenvalue weighted by atomic mass is 16.4. The van der Waals surface area contributed by atoms with Crippen LogP contribution in [0.1, 0.15) is 51.9 Å². The molecule has 1 aliphatic heterocycles. The van der Waals surface area contributed by atoms with Gasteiger partial charge in [0.05, 0.1) is 24.1 Å². The Balaban J connectivity index is 0.000000799. The fourth-order valence-corrected chi connectivity index (χ4v) is 3.71. The van der Waals surface area contributed by atoms with Crippen molar-refractivity contribution in [2.75, 3.05) is 10.2 Å². The monoisotopic (exact) mass is 447 g/mol. The second-order valence-electron chi connectivity index (χ2n) is 8.55. The van der Waals surface area contributed by atoms with Gasteiger partial charge in [0.1, 0.15) is 5.82 Å². The molecule has 3 aromatic rings. The maximum Gasteiger partial charge on any atom is 0.404 e. The summed E-state index contributed by atoms with van der Waals surface area (Å²) in [6.07, 6.45) is 5.19. The highest BCUT2D eigenvalue weighted by Crippen LogP contribution is 2.37. The summed E-state index contributed by atoms with van der Waals surface area (Å²) >= 11 is 0. The van der Waals surface area contributed by atoms with Crippen LogP contribution in [0.25, 0.3) is 0 Å². The maximum atomic E-state index is 13.6. The van der Waals surface area contributed by atoms with Gasteiger partial charge < -0.3 is 20.6 Å². The van der Waals surface area contributed by atoms with E-state index in [-0.39, 0.29) is 12.5 Å². The topological polar surface area (TPSA) is 99.5 Å². The van der Waals surface area contributed by atoms with E-state index in [1.54, 1.807) is 27.9 Å². The minimum absolute atomic E-state index is 0.117. The van der Waals surface area contributed by atoms with Crippen LogP contribution in [-0.4, -0.2) is 26.9 Å². The lowest BCUT2D eigenvalue weighted by Crippen LogP contribution is -2.30. The van der Waals surface area contributed by atoms with Gasteiger partial charge in [-0.1, -0.05) is 37.5 Å². The van der Waals surface area contributed by atoms with Crippen molar-refractivity contribution in [1.82, 2.24) is 15.1 Å². The van der Waals surface area contributed by atoms with E-state index >= 15 is 0 Å². The molecule has 2 heterocycles. The Kier molecular flexibility index (Phi) is 6.35. The average molecular weight is 448 g/mol. The number of aromatic nitrogens is 2. The summed E-state index contributed by atoms with van der Waals surface area (Å²) in [4.78, 5) is 26.1. The summed E-state index contributed by atoms with van der Waals surface area (Å²) in [6, 6.07) is 11.3. The Hall–Kier alpha value is -3.81. The van der Waals surface area contributed by atoms with Gasteiger partial charge in [0.25, 0.3) is 5.91 Å². The second kappa shape index (κ2) is 9.36. The van der Waals surface area contributed by atoms with Gasteiger partial charge in [-0.25, -0.2) is 4.79 Å². The summed E-state index contributed by atoms with van der Waals surface area (Å²) in [5.74, 6) is 0.748. The van der Waals surface area contributed by atoms with Crippen LogP contribution in [0, 0.1) is 13.8 Å². The number of aryl methyl sites for hydroxylation is 3. The van der Waals surface area contributed by atoms with Gasteiger partial charge in [-0.05, 0) is 48.7 Å². The zero-order chi connectivity index (χ0) is 23.5. The van der Waals surface area contributed by atoms with Crippen LogP contribution in [0.4, 0.5) is 22.0 Å². The van der Waals surface area contributed by atoms with Crippen molar-refractivity contribution in [3.05, 3.63) is 70.4 Å². The summed E-state index contributed by atoms with van der Waals surface area (Å²) in [5, 5.41) is 18.9. The van der Waals surface area contributed by atoms with Crippen LogP contribution in [0.2, 0.25) is 0 Å². The molecule has 0 unspecified atom stereocenters. The van der Waals surface area contributed by atoms with E-state index in [0.29, 0.717) is 12.1 Å². The first-order chi connectivity index (χ1) is 15.8. The van der Waals surface area contributed by atoms with E-state index in [2.05, 4.69) is 15.7 Å². The van der Waals surface area contributed by atoms with Crippen molar-refractivity contribution in [3.8, 4) is 0 Å². The van der Waals surface area contributed by atoms with Crippen LogP contribution in [-0.2, 0) is 20.1 Å². The first-order valence-corrected chi connectivity index (χ1v) is 11.1. The molecule has 0 saturated heterocycles. The fraction of sp³-hybridized carbons (Fsp3) is 0.320. The predicted octanol–water partition coefficient (Wildman–Crippen LogP) is 4.88. The molecular formula is C25H29N5O3. The quantitative estimate of drug-likeness (QED) is 0.531. The third-order valence-corrected chi connectivity index (χ3v) is 5.60. The summed E-state index contributed by atoms with van der Waals surface area (Å²) < 4.78 is 1.77. The molecule has 8 heteroatoms. The number of nitrogens with one attached hydrogen (secondary N) is 2. The number of amides is 2. The van der Waals surface area contributed by atoms with Crippen molar-refractivity contribution in [2.24, 2.45) is 7.05 Å². The molecule has 33 heavy (non-hydrogen) atoms. The molecule has 5 rings (SSSR count). The number of hydrogen-bond donors (Lipinski definition) is 3. The Bertz CT molecular complexity index is 1200. The minimum Gasteiger partial charge on any atom is -0.465 e.